The molecule has 0 saturated heterocycles. The van der Waals surface area contributed by atoms with Crippen LogP contribution in [0.2, 0.25) is 5.02 Å². The Kier molecular flexibility index (Phi) is 2.71. The highest BCUT2D eigenvalue weighted by atomic mass is 35.5. The molecule has 0 amide bonds. The average Bonchev–Trinajstić information content (AvgIpc) is 2.13. The topological polar surface area (TPSA) is 112 Å². The highest BCUT2D eigenvalue weighted by Crippen LogP contribution is 2.37. The molecule has 80 valence electrons. The van der Waals surface area contributed by atoms with Crippen molar-refractivity contribution in [3.63, 3.8) is 0 Å². The van der Waals surface area contributed by atoms with E-state index in [1.807, 2.05) is 0 Å². The fraction of sp³-hybridized carbons (Fsp3) is 0. The smallest absolute Gasteiger partial charge is 0.313 e. The fourth-order valence-corrected chi connectivity index (χ4v) is 1.09. The predicted octanol–water partition coefficient (Wildman–Crippen LogP) is 1.88. The maximum Gasteiger partial charge on any atom is 0.313 e. The molecule has 2 N–H and O–H groups in total. The summed E-state index contributed by atoms with van der Waals surface area (Å²) in [4.78, 5) is 18.6. The first-order valence-electron chi connectivity index (χ1n) is 3.42. The number of nitro groups is 2. The maximum absolute atomic E-state index is 13.1. The number of nitrogens with zero attached hydrogens (tertiary/aromatic N) is 2. The van der Waals surface area contributed by atoms with Gasteiger partial charge in [0.15, 0.2) is 0 Å². The third kappa shape index (κ3) is 1.79. The van der Waals surface area contributed by atoms with E-state index < -0.39 is 37.7 Å². The SMILES string of the molecule is Nc1c([N+](=O)[O-])cc([N+](=O)[O-])c(F)c1Cl. The molecule has 0 aromatic heterocycles. The summed E-state index contributed by atoms with van der Waals surface area (Å²) in [7, 11) is 0. The minimum Gasteiger partial charge on any atom is -0.392 e. The summed E-state index contributed by atoms with van der Waals surface area (Å²) in [6.45, 7) is 0. The molecule has 0 heterocycles. The van der Waals surface area contributed by atoms with Gasteiger partial charge in [0.05, 0.1) is 15.9 Å². The summed E-state index contributed by atoms with van der Waals surface area (Å²) in [5.41, 5.74) is 2.60. The summed E-state index contributed by atoms with van der Waals surface area (Å²) in [6.07, 6.45) is 0. The minimum absolute atomic E-state index is 0.427. The van der Waals surface area contributed by atoms with E-state index in [2.05, 4.69) is 0 Å². The largest absolute Gasteiger partial charge is 0.392 e. The van der Waals surface area contributed by atoms with Crippen LogP contribution in [-0.4, -0.2) is 9.85 Å². The first kappa shape index (κ1) is 11.1. The molecular weight excluding hydrogens is 233 g/mol. The van der Waals surface area contributed by atoms with Crippen LogP contribution in [0.4, 0.5) is 21.5 Å². The number of nitrogens with two attached hydrogens (primary N) is 1. The first-order chi connectivity index (χ1) is 6.86. The van der Waals surface area contributed by atoms with Crippen molar-refractivity contribution in [2.75, 3.05) is 5.73 Å². The number of halogens is 2. The second-order valence-electron chi connectivity index (χ2n) is 2.47. The minimum atomic E-state index is -1.38. The predicted molar refractivity (Wildman–Crippen MR) is 49.1 cm³/mol. The molecule has 0 unspecified atom stereocenters. The van der Waals surface area contributed by atoms with Gasteiger partial charge in [-0.1, -0.05) is 11.6 Å². The maximum atomic E-state index is 13.1. The highest BCUT2D eigenvalue weighted by Gasteiger charge is 2.27. The highest BCUT2D eigenvalue weighted by molar-refractivity contribution is 6.34. The van der Waals surface area contributed by atoms with Gasteiger partial charge in [-0.05, 0) is 0 Å². The van der Waals surface area contributed by atoms with Crippen LogP contribution in [0.25, 0.3) is 0 Å². The standard InChI is InChI=1S/C6H3ClFN3O4/c7-4-5(8)2(10(12)13)1-3(6(4)9)11(14)15/h1H,9H2. The summed E-state index contributed by atoms with van der Waals surface area (Å²) in [5.74, 6) is -1.38. The molecule has 1 aromatic rings. The lowest BCUT2D eigenvalue weighted by molar-refractivity contribution is -0.395. The summed E-state index contributed by atoms with van der Waals surface area (Å²) < 4.78 is 13.1. The Balaban J connectivity index is 3.59. The van der Waals surface area contributed by atoms with Crippen molar-refractivity contribution in [1.82, 2.24) is 0 Å². The number of nitro benzene ring substituents is 2. The second-order valence-corrected chi connectivity index (χ2v) is 2.85. The normalized spacial score (nSPS) is 10.0. The van der Waals surface area contributed by atoms with E-state index in [1.54, 1.807) is 0 Å². The Morgan fingerprint density at radius 1 is 1.27 bits per heavy atom. The zero-order valence-corrected chi connectivity index (χ0v) is 7.69. The van der Waals surface area contributed by atoms with E-state index in [-0.39, 0.29) is 0 Å². The lowest BCUT2D eigenvalue weighted by atomic mass is 10.2. The molecule has 0 fully saturated rings. The van der Waals surface area contributed by atoms with E-state index in [1.165, 1.54) is 0 Å². The monoisotopic (exact) mass is 235 g/mol. The van der Waals surface area contributed by atoms with Gasteiger partial charge >= 0.3 is 11.4 Å². The van der Waals surface area contributed by atoms with Crippen LogP contribution < -0.4 is 5.73 Å². The lowest BCUT2D eigenvalue weighted by Gasteiger charge is -2.01. The molecule has 0 atom stereocenters. The fourth-order valence-electron chi connectivity index (χ4n) is 0.898. The average molecular weight is 236 g/mol. The van der Waals surface area contributed by atoms with E-state index in [0.717, 1.165) is 0 Å². The van der Waals surface area contributed by atoms with Crippen LogP contribution in [-0.2, 0) is 0 Å². The van der Waals surface area contributed by atoms with Gasteiger partial charge in [0.2, 0.25) is 5.82 Å². The van der Waals surface area contributed by atoms with Crippen LogP contribution in [0.5, 0.6) is 0 Å². The summed E-state index contributed by atoms with van der Waals surface area (Å²) in [6, 6.07) is 0.427. The van der Waals surface area contributed by atoms with Crippen molar-refractivity contribution in [3.05, 3.63) is 37.1 Å². The number of hydrogen-bond donors (Lipinski definition) is 1. The van der Waals surface area contributed by atoms with Crippen molar-refractivity contribution in [2.45, 2.75) is 0 Å². The Morgan fingerprint density at radius 3 is 2.13 bits per heavy atom. The molecule has 0 spiro atoms. The van der Waals surface area contributed by atoms with Crippen molar-refractivity contribution in [3.8, 4) is 0 Å². The van der Waals surface area contributed by atoms with Crippen molar-refractivity contribution < 1.29 is 14.2 Å². The molecular formula is C6H3ClFN3O4. The van der Waals surface area contributed by atoms with Gasteiger partial charge in [-0.2, -0.15) is 4.39 Å². The first-order valence-corrected chi connectivity index (χ1v) is 3.80. The number of nitrogen functional groups attached to an aromatic ring is 1. The van der Waals surface area contributed by atoms with Crippen molar-refractivity contribution in [2.24, 2.45) is 0 Å². The van der Waals surface area contributed by atoms with E-state index in [9.17, 15) is 24.6 Å². The zero-order chi connectivity index (χ0) is 11.7. The van der Waals surface area contributed by atoms with Crippen LogP contribution >= 0.6 is 11.6 Å². The van der Waals surface area contributed by atoms with Gasteiger partial charge < -0.3 is 5.73 Å². The lowest BCUT2D eigenvalue weighted by Crippen LogP contribution is -2.01. The van der Waals surface area contributed by atoms with E-state index in [0.29, 0.717) is 6.07 Å². The molecule has 15 heavy (non-hydrogen) atoms. The van der Waals surface area contributed by atoms with E-state index in [4.69, 9.17) is 17.3 Å². The Bertz CT molecular complexity index is 426. The van der Waals surface area contributed by atoms with Crippen LogP contribution in [0.15, 0.2) is 6.07 Å². The second kappa shape index (κ2) is 3.65. The van der Waals surface area contributed by atoms with Gasteiger partial charge in [-0.15, -0.1) is 0 Å². The molecule has 1 rings (SSSR count). The summed E-state index contributed by atoms with van der Waals surface area (Å²) in [5, 5.41) is 19.9. The van der Waals surface area contributed by atoms with Crippen LogP contribution in [0.3, 0.4) is 0 Å². The van der Waals surface area contributed by atoms with E-state index >= 15 is 0 Å². The van der Waals surface area contributed by atoms with Gasteiger partial charge in [0.25, 0.3) is 0 Å². The van der Waals surface area contributed by atoms with Gasteiger partial charge in [0.1, 0.15) is 10.7 Å². The van der Waals surface area contributed by atoms with Crippen molar-refractivity contribution >= 4 is 28.7 Å². The number of anilines is 1. The van der Waals surface area contributed by atoms with Gasteiger partial charge in [-0.3, -0.25) is 20.2 Å². The van der Waals surface area contributed by atoms with Crippen LogP contribution in [0, 0.1) is 26.0 Å². The third-order valence-corrected chi connectivity index (χ3v) is 1.97. The quantitative estimate of drug-likeness (QED) is 0.478. The third-order valence-electron chi connectivity index (χ3n) is 1.60. The Hall–Kier alpha value is -1.96. The number of rotatable bonds is 2. The molecule has 7 nitrogen and oxygen atoms in total. The Morgan fingerprint density at radius 2 is 1.73 bits per heavy atom. The molecule has 0 aliphatic carbocycles. The molecule has 1 aromatic carbocycles. The molecule has 9 heteroatoms. The Labute approximate surface area is 86.5 Å². The zero-order valence-electron chi connectivity index (χ0n) is 6.94. The summed E-state index contributed by atoms with van der Waals surface area (Å²) >= 11 is 5.27. The molecule has 0 aliphatic rings. The van der Waals surface area contributed by atoms with Crippen molar-refractivity contribution in [1.29, 1.82) is 0 Å². The van der Waals surface area contributed by atoms with Gasteiger partial charge in [-0.25, -0.2) is 0 Å². The molecule has 0 saturated carbocycles. The molecule has 0 radical (unpaired) electrons. The number of benzene rings is 1. The van der Waals surface area contributed by atoms with Gasteiger partial charge in [0, 0.05) is 0 Å². The van der Waals surface area contributed by atoms with Crippen LogP contribution in [0.1, 0.15) is 0 Å². The number of hydrogen-bond acceptors (Lipinski definition) is 5. The molecule has 0 bridgehead atoms. The molecule has 0 aliphatic heterocycles.